The fraction of sp³-hybridized carbons (Fsp3) is 0.0652. The van der Waals surface area contributed by atoms with Crippen molar-refractivity contribution in [3.8, 4) is 0 Å². The fourth-order valence-electron chi connectivity index (χ4n) is 5.87. The number of aromatic nitrogens is 8. The van der Waals surface area contributed by atoms with E-state index in [1.165, 1.54) is 0 Å². The van der Waals surface area contributed by atoms with Crippen LogP contribution in [0.3, 0.4) is 0 Å². The number of hydrogen-bond donors (Lipinski definition) is 3. The number of nitrogens with zero attached hydrogens (tertiary/aromatic N) is 5. The van der Waals surface area contributed by atoms with Crippen LogP contribution in [0.1, 0.15) is 56.5 Å². The summed E-state index contributed by atoms with van der Waals surface area (Å²) < 4.78 is 6.34. The van der Waals surface area contributed by atoms with Gasteiger partial charge in [0.2, 0.25) is 0 Å². The average molecular weight is 979 g/mol. The maximum Gasteiger partial charge on any atom is 1.00 e. The molecule has 0 unspecified atom stereocenters. The minimum atomic E-state index is -0.342. The molecular weight excluding hydrogens is 938 g/mol. The van der Waals surface area contributed by atoms with Gasteiger partial charge in [0.1, 0.15) is 20.5 Å². The number of esters is 1. The molecule has 17 heteroatoms. The predicted octanol–water partition coefficient (Wildman–Crippen LogP) is 5.78. The van der Waals surface area contributed by atoms with Gasteiger partial charge in [-0.2, -0.15) is 0 Å². The number of ketones is 1. The zero-order chi connectivity index (χ0) is 43.0. The third kappa shape index (κ3) is 13.9. The largest absolute Gasteiger partial charge is 1.00 e. The molecule has 0 amide bonds. The van der Waals surface area contributed by atoms with Crippen molar-refractivity contribution < 1.29 is 44.2 Å². The van der Waals surface area contributed by atoms with Crippen molar-refractivity contribution in [3.05, 3.63) is 183 Å². The number of fused-ring (bicyclic) bond motifs is 4. The molecule has 1 aromatic carbocycles. The molecule has 8 heterocycles. The summed E-state index contributed by atoms with van der Waals surface area (Å²) in [6.07, 6.45) is 12.5. The van der Waals surface area contributed by atoms with Crippen LogP contribution in [0.4, 0.5) is 0 Å². The number of carbonyl (C=O) groups excluding carboxylic acids is 4. The Balaban J connectivity index is 0.000000220. The Hall–Kier alpha value is -6.10. The topological polar surface area (TPSA) is 189 Å². The molecule has 9 aromatic rings. The van der Waals surface area contributed by atoms with E-state index in [1.807, 2.05) is 91.0 Å². The zero-order valence-corrected chi connectivity index (χ0v) is 36.6. The van der Waals surface area contributed by atoms with Crippen molar-refractivity contribution in [2.24, 2.45) is 0 Å². The van der Waals surface area contributed by atoms with Crippen molar-refractivity contribution in [1.29, 1.82) is 0 Å². The van der Waals surface area contributed by atoms with Crippen LogP contribution in [0, 0.1) is 0 Å². The van der Waals surface area contributed by atoms with Gasteiger partial charge in [-0.25, -0.2) is 19.7 Å². The number of H-pyrrole nitrogens is 3. The molecule has 1 aliphatic carbocycles. The van der Waals surface area contributed by atoms with E-state index in [2.05, 4.69) is 71.7 Å². The second-order valence-electron chi connectivity index (χ2n) is 12.8. The van der Waals surface area contributed by atoms with Gasteiger partial charge in [-0.3, -0.25) is 24.4 Å². The van der Waals surface area contributed by atoms with E-state index in [-0.39, 0.29) is 49.4 Å². The maximum absolute atomic E-state index is 12.2. The molecule has 0 atom stereocenters. The molecule has 0 spiro atoms. The Morgan fingerprint density at radius 2 is 1.37 bits per heavy atom. The van der Waals surface area contributed by atoms with E-state index >= 15 is 0 Å². The maximum atomic E-state index is 12.2. The number of halogens is 2. The molecule has 0 fully saturated rings. The minimum Gasteiger partial charge on any atom is -1.00 e. The van der Waals surface area contributed by atoms with Crippen molar-refractivity contribution in [2.45, 2.75) is 13.3 Å². The van der Waals surface area contributed by atoms with E-state index in [1.54, 1.807) is 62.2 Å². The number of allylic oxidation sites excluding steroid dienone is 1. The van der Waals surface area contributed by atoms with Crippen LogP contribution in [0.15, 0.2) is 149 Å². The minimum absolute atomic E-state index is 0. The summed E-state index contributed by atoms with van der Waals surface area (Å²) in [5.41, 5.74) is 9.64. The van der Waals surface area contributed by atoms with Gasteiger partial charge >= 0.3 is 24.8 Å². The Morgan fingerprint density at radius 1 is 0.714 bits per heavy atom. The van der Waals surface area contributed by atoms with E-state index in [0.717, 1.165) is 72.7 Å². The number of aldehydes is 2. The Labute approximate surface area is 402 Å². The van der Waals surface area contributed by atoms with Gasteiger partial charge in [0, 0.05) is 59.6 Å². The average Bonchev–Trinajstić information content (AvgIpc) is 4.09. The van der Waals surface area contributed by atoms with Gasteiger partial charge in [0.15, 0.2) is 35.7 Å². The number of aromatic amines is 3. The van der Waals surface area contributed by atoms with Crippen LogP contribution in [-0.4, -0.2) is 88.2 Å². The summed E-state index contributed by atoms with van der Waals surface area (Å²) in [7, 11) is 0. The summed E-state index contributed by atoms with van der Waals surface area (Å²) in [5.74, 6) is -0.164. The molecule has 10 rings (SSSR count). The second-order valence-corrected chi connectivity index (χ2v) is 14.3. The van der Waals surface area contributed by atoms with Crippen molar-refractivity contribution in [1.82, 2.24) is 39.9 Å². The number of ether oxygens (including phenoxy) is 1. The number of benzene rings is 1. The number of hydrogen-bond acceptors (Lipinski definition) is 10. The van der Waals surface area contributed by atoms with Gasteiger partial charge in [-0.15, -0.1) is 0 Å². The first-order valence-corrected chi connectivity index (χ1v) is 20.2. The fourth-order valence-corrected chi connectivity index (χ4v) is 6.48. The molecule has 0 aliphatic heterocycles. The third-order valence-corrected chi connectivity index (χ3v) is 9.77. The molecule has 3 N–H and O–H groups in total. The van der Waals surface area contributed by atoms with Crippen molar-refractivity contribution in [3.63, 3.8) is 0 Å². The van der Waals surface area contributed by atoms with E-state index in [0.29, 0.717) is 34.6 Å². The Bertz CT molecular complexity index is 2870. The summed E-state index contributed by atoms with van der Waals surface area (Å²) in [6, 6.07) is 33.8. The molecule has 0 bridgehead atoms. The van der Waals surface area contributed by atoms with Crippen LogP contribution in [-0.2, 0) is 16.0 Å². The molecule has 1 aliphatic rings. The van der Waals surface area contributed by atoms with E-state index in [4.69, 9.17) is 4.74 Å². The molecular formula is C46H40AlBr2LiN8O5. The molecule has 0 radical (unpaired) electrons. The van der Waals surface area contributed by atoms with Crippen LogP contribution in [0.25, 0.3) is 44.7 Å². The quantitative estimate of drug-likeness (QED) is 0.0628. The van der Waals surface area contributed by atoms with Gasteiger partial charge in [0.25, 0.3) is 0 Å². The second kappa shape index (κ2) is 25.1. The monoisotopic (exact) mass is 976 g/mol. The number of Topliss-reactive ketones (excluding diaryl/α,β-unsaturated/α-hetero) is 1. The standard InChI is InChI=1S/C17H12N2O.C10H10N2O2.C8H6N2O.C6H4BrNO.C5H4BrN.Al.Li.4H/c20-16-9-11-4-1-2-6-14(11)15(16)10-13-8-12-5-3-7-18-17(12)19-13;1-2-14-10(13)9-6-8-7(12-9)4-3-5-11-8;11-5-6-4-8-7(10-6)2-1-3-9-8;7-6-5(4-9)2-1-3-8-6;6-5-3-1-2-4-7-5;;;;;;/h1-8,10H,9H2,(H,18,19);3-6,12H,2H2,1H3;1-5,10H;1-4H;1-4H;;;;;;/q;;;;;;+1;;;;-1/b15-10-;;;;;;;;;;. The van der Waals surface area contributed by atoms with Crippen LogP contribution < -0.4 is 18.9 Å². The summed E-state index contributed by atoms with van der Waals surface area (Å²) in [4.78, 5) is 73.2. The third-order valence-electron chi connectivity index (χ3n) is 8.64. The molecule has 8 aromatic heterocycles. The van der Waals surface area contributed by atoms with Gasteiger partial charge in [-0.1, -0.05) is 30.3 Å². The zero-order valence-electron chi connectivity index (χ0n) is 34.5. The van der Waals surface area contributed by atoms with Gasteiger partial charge < -0.3 is 21.1 Å². The first kappa shape index (κ1) is 49.6. The molecule has 63 heavy (non-hydrogen) atoms. The van der Waals surface area contributed by atoms with E-state index in [9.17, 15) is 19.2 Å². The summed E-state index contributed by atoms with van der Waals surface area (Å²) >= 11 is 6.31. The van der Waals surface area contributed by atoms with Crippen molar-refractivity contribution in [2.75, 3.05) is 6.61 Å². The van der Waals surface area contributed by atoms with Crippen LogP contribution in [0.5, 0.6) is 0 Å². The first-order valence-electron chi connectivity index (χ1n) is 18.6. The number of nitrogens with one attached hydrogen (secondary N) is 3. The number of rotatable bonds is 5. The number of pyridine rings is 5. The van der Waals surface area contributed by atoms with Crippen molar-refractivity contribution >= 4 is 118 Å². The Morgan fingerprint density at radius 3 is 1.97 bits per heavy atom. The number of carbonyl (C=O) groups is 4. The van der Waals surface area contributed by atoms with Crippen LogP contribution >= 0.6 is 31.9 Å². The molecule has 0 saturated carbocycles. The molecule has 312 valence electrons. The first-order chi connectivity index (χ1) is 29.8. The van der Waals surface area contributed by atoms with Crippen LogP contribution in [0.2, 0.25) is 0 Å². The summed E-state index contributed by atoms with van der Waals surface area (Å²) in [5, 5.41) is 1.05. The summed E-state index contributed by atoms with van der Waals surface area (Å²) in [6.45, 7) is 2.15. The van der Waals surface area contributed by atoms with Gasteiger partial charge in [0.05, 0.1) is 34.4 Å². The normalized spacial score (nSPS) is 11.4. The molecule has 0 saturated heterocycles. The van der Waals surface area contributed by atoms with Gasteiger partial charge in [-0.05, 0) is 135 Å². The SMILES string of the molecule is Brc1ccccn1.CCOC(=O)c1cc2ncccc2[nH]1.O=C1Cc2ccccc2/C1=C/c1cc2cccnc2[nH]1.O=Cc1cc2ncccc2[nH]1.O=Cc1cccnc1Br.[AlH3].[H-].[Li+]. The smallest absolute Gasteiger partial charge is 1.00 e. The van der Waals surface area contributed by atoms with E-state index < -0.39 is 0 Å². The predicted molar refractivity (Wildman–Crippen MR) is 253 cm³/mol. The Kier molecular flexibility index (Phi) is 19.8. The molecule has 13 nitrogen and oxygen atoms in total.